The minimum atomic E-state index is -1.03. The molecule has 1 aromatic carbocycles. The summed E-state index contributed by atoms with van der Waals surface area (Å²) in [6.45, 7) is 3.07. The molecule has 28 heavy (non-hydrogen) atoms. The Hall–Kier alpha value is -2.10. The minimum Gasteiger partial charge on any atom is -0.494 e. The van der Waals surface area contributed by atoms with Gasteiger partial charge in [-0.15, -0.1) is 11.3 Å². The number of nitrogens with zero attached hydrogens (tertiary/aromatic N) is 2. The van der Waals surface area contributed by atoms with E-state index in [1.807, 2.05) is 36.1 Å². The quantitative estimate of drug-likeness (QED) is 0.600. The van der Waals surface area contributed by atoms with Crippen LogP contribution in [0, 0.1) is 0 Å². The summed E-state index contributed by atoms with van der Waals surface area (Å²) in [6.07, 6.45) is 1.22. The fraction of sp³-hybridized carbons (Fsp3) is 0.421. The average molecular weight is 422 g/mol. The average Bonchev–Trinajstić information content (AvgIpc) is 3.29. The highest BCUT2D eigenvalue weighted by molar-refractivity contribution is 8.01. The molecular formula is C19H23N3O4S2. The molecule has 0 aliphatic carbocycles. The molecule has 0 bridgehead atoms. The van der Waals surface area contributed by atoms with Crippen LogP contribution in [0.25, 0.3) is 0 Å². The number of carboxylic acids is 1. The van der Waals surface area contributed by atoms with E-state index >= 15 is 0 Å². The third-order valence-electron chi connectivity index (χ3n) is 4.60. The number of hydrogen-bond acceptors (Lipinski definition) is 7. The Morgan fingerprint density at radius 1 is 1.54 bits per heavy atom. The highest BCUT2D eigenvalue weighted by Crippen LogP contribution is 2.31. The SMILES string of the molecule is CCOc1cccc(C(N)[C@H]2CCC(=O)N2CCSc2nc(C(=O)O)cs2)c1. The summed E-state index contributed by atoms with van der Waals surface area (Å²) in [5.74, 6) is 0.492. The van der Waals surface area contributed by atoms with Crippen LogP contribution < -0.4 is 10.5 Å². The van der Waals surface area contributed by atoms with Crippen LogP contribution >= 0.6 is 23.1 Å². The maximum absolute atomic E-state index is 12.4. The number of rotatable bonds is 9. The molecule has 0 spiro atoms. The van der Waals surface area contributed by atoms with E-state index in [1.54, 1.807) is 0 Å². The molecule has 0 radical (unpaired) electrons. The van der Waals surface area contributed by atoms with Crippen molar-refractivity contribution in [1.82, 2.24) is 9.88 Å². The molecule has 2 aromatic rings. The van der Waals surface area contributed by atoms with Crippen molar-refractivity contribution in [3.8, 4) is 5.75 Å². The number of thiazole rings is 1. The Bertz CT molecular complexity index is 842. The topological polar surface area (TPSA) is 106 Å². The lowest BCUT2D eigenvalue weighted by atomic mass is 9.98. The molecule has 0 saturated carbocycles. The summed E-state index contributed by atoms with van der Waals surface area (Å²) in [5.41, 5.74) is 7.51. The van der Waals surface area contributed by atoms with Gasteiger partial charge in [0.2, 0.25) is 5.91 Å². The number of hydrogen-bond donors (Lipinski definition) is 2. The largest absolute Gasteiger partial charge is 0.494 e. The second-order valence-corrected chi connectivity index (χ2v) is 8.58. The Morgan fingerprint density at radius 2 is 2.36 bits per heavy atom. The lowest BCUT2D eigenvalue weighted by molar-refractivity contribution is -0.128. The van der Waals surface area contributed by atoms with Crippen molar-refractivity contribution in [1.29, 1.82) is 0 Å². The van der Waals surface area contributed by atoms with E-state index in [-0.39, 0.29) is 23.7 Å². The van der Waals surface area contributed by atoms with E-state index in [1.165, 1.54) is 28.5 Å². The number of aromatic nitrogens is 1. The van der Waals surface area contributed by atoms with E-state index in [0.717, 1.165) is 17.7 Å². The van der Waals surface area contributed by atoms with E-state index in [0.29, 0.717) is 29.7 Å². The Kier molecular flexibility index (Phi) is 6.93. The second kappa shape index (κ2) is 9.40. The van der Waals surface area contributed by atoms with Gasteiger partial charge in [-0.05, 0) is 31.0 Å². The predicted octanol–water partition coefficient (Wildman–Crippen LogP) is 3.02. The molecule has 3 N–H and O–H groups in total. The van der Waals surface area contributed by atoms with Crippen molar-refractivity contribution in [2.75, 3.05) is 18.9 Å². The molecule has 7 nitrogen and oxygen atoms in total. The summed E-state index contributed by atoms with van der Waals surface area (Å²) >= 11 is 2.76. The van der Waals surface area contributed by atoms with Crippen molar-refractivity contribution in [2.45, 2.75) is 36.2 Å². The number of thioether (sulfide) groups is 1. The van der Waals surface area contributed by atoms with Gasteiger partial charge in [-0.2, -0.15) is 0 Å². The number of nitrogens with two attached hydrogens (primary N) is 1. The van der Waals surface area contributed by atoms with Gasteiger partial charge in [0, 0.05) is 24.1 Å². The van der Waals surface area contributed by atoms with Gasteiger partial charge in [-0.3, -0.25) is 4.79 Å². The normalized spacial score (nSPS) is 17.7. The first-order valence-electron chi connectivity index (χ1n) is 9.09. The number of carbonyl (C=O) groups is 2. The zero-order valence-electron chi connectivity index (χ0n) is 15.5. The van der Waals surface area contributed by atoms with Gasteiger partial charge in [0.1, 0.15) is 5.75 Å². The third-order valence-corrected chi connectivity index (χ3v) is 6.60. The third kappa shape index (κ3) is 4.84. The monoisotopic (exact) mass is 421 g/mol. The first-order chi connectivity index (χ1) is 13.5. The molecule has 1 aliphatic rings. The number of carboxylic acid groups (broad SMARTS) is 1. The predicted molar refractivity (Wildman–Crippen MR) is 109 cm³/mol. The van der Waals surface area contributed by atoms with E-state index in [9.17, 15) is 9.59 Å². The molecule has 9 heteroatoms. The number of aromatic carboxylic acids is 1. The smallest absolute Gasteiger partial charge is 0.355 e. The molecular weight excluding hydrogens is 398 g/mol. The van der Waals surface area contributed by atoms with E-state index in [2.05, 4.69) is 4.98 Å². The highest BCUT2D eigenvalue weighted by Gasteiger charge is 2.35. The van der Waals surface area contributed by atoms with Crippen LogP contribution in [0.4, 0.5) is 0 Å². The Balaban J connectivity index is 1.62. The zero-order chi connectivity index (χ0) is 20.1. The molecule has 3 rings (SSSR count). The maximum Gasteiger partial charge on any atom is 0.355 e. The first kappa shape index (κ1) is 20.6. The van der Waals surface area contributed by atoms with Crippen LogP contribution in [-0.4, -0.2) is 51.8 Å². The van der Waals surface area contributed by atoms with Gasteiger partial charge in [0.05, 0.1) is 18.7 Å². The number of carbonyl (C=O) groups excluding carboxylic acids is 1. The lowest BCUT2D eigenvalue weighted by Crippen LogP contribution is -2.41. The summed E-state index contributed by atoms with van der Waals surface area (Å²) in [6, 6.07) is 7.37. The number of amides is 1. The molecule has 1 unspecified atom stereocenters. The Labute approximate surface area is 171 Å². The van der Waals surface area contributed by atoms with Crippen LogP contribution in [0.2, 0.25) is 0 Å². The summed E-state index contributed by atoms with van der Waals surface area (Å²) in [4.78, 5) is 29.2. The summed E-state index contributed by atoms with van der Waals surface area (Å²) < 4.78 is 6.24. The van der Waals surface area contributed by atoms with Crippen molar-refractivity contribution in [3.05, 3.63) is 40.9 Å². The van der Waals surface area contributed by atoms with Crippen molar-refractivity contribution < 1.29 is 19.4 Å². The number of ether oxygens (including phenoxy) is 1. The molecule has 1 aromatic heterocycles. The summed E-state index contributed by atoms with van der Waals surface area (Å²) in [7, 11) is 0. The minimum absolute atomic E-state index is 0.0545. The first-order valence-corrected chi connectivity index (χ1v) is 11.0. The molecule has 1 fully saturated rings. The molecule has 150 valence electrons. The Morgan fingerprint density at radius 3 is 3.07 bits per heavy atom. The van der Waals surface area contributed by atoms with Crippen molar-refractivity contribution in [2.24, 2.45) is 5.73 Å². The molecule has 2 atom stereocenters. The van der Waals surface area contributed by atoms with Gasteiger partial charge in [0.25, 0.3) is 0 Å². The number of benzene rings is 1. The van der Waals surface area contributed by atoms with Crippen LogP contribution in [0.15, 0.2) is 34.0 Å². The van der Waals surface area contributed by atoms with Crippen LogP contribution in [0.1, 0.15) is 41.9 Å². The number of likely N-dealkylation sites (tertiary alicyclic amines) is 1. The molecule has 1 amide bonds. The second-order valence-electron chi connectivity index (χ2n) is 6.38. The van der Waals surface area contributed by atoms with Crippen molar-refractivity contribution in [3.63, 3.8) is 0 Å². The fourth-order valence-electron chi connectivity index (χ4n) is 3.27. The van der Waals surface area contributed by atoms with Gasteiger partial charge < -0.3 is 20.5 Å². The summed E-state index contributed by atoms with van der Waals surface area (Å²) in [5, 5.41) is 10.5. The molecule has 1 aliphatic heterocycles. The van der Waals surface area contributed by atoms with Crippen LogP contribution in [0.3, 0.4) is 0 Å². The van der Waals surface area contributed by atoms with Crippen LogP contribution in [-0.2, 0) is 4.79 Å². The van der Waals surface area contributed by atoms with Crippen LogP contribution in [0.5, 0.6) is 5.75 Å². The standard InChI is InChI=1S/C19H23N3O4S2/c1-2-26-13-5-3-4-12(10-13)17(20)15-6-7-16(23)22(15)8-9-27-19-21-14(11-28-19)18(24)25/h3-5,10-11,15,17H,2,6-9,20H2,1H3,(H,24,25)/t15-,17?/m1/s1. The van der Waals surface area contributed by atoms with E-state index in [4.69, 9.17) is 15.6 Å². The zero-order valence-corrected chi connectivity index (χ0v) is 17.2. The van der Waals surface area contributed by atoms with Gasteiger partial charge in [-0.1, -0.05) is 23.9 Å². The van der Waals surface area contributed by atoms with Gasteiger partial charge in [-0.25, -0.2) is 9.78 Å². The molecule has 2 heterocycles. The lowest BCUT2D eigenvalue weighted by Gasteiger charge is -2.30. The van der Waals surface area contributed by atoms with E-state index < -0.39 is 5.97 Å². The van der Waals surface area contributed by atoms with Crippen molar-refractivity contribution >= 4 is 35.0 Å². The van der Waals surface area contributed by atoms with Gasteiger partial charge in [0.15, 0.2) is 10.0 Å². The highest BCUT2D eigenvalue weighted by atomic mass is 32.2. The maximum atomic E-state index is 12.4. The van der Waals surface area contributed by atoms with Gasteiger partial charge >= 0.3 is 5.97 Å². The molecule has 1 saturated heterocycles. The fourth-order valence-corrected chi connectivity index (χ4v) is 5.08.